The number of rotatable bonds is 7. The van der Waals surface area contributed by atoms with Gasteiger partial charge in [-0.1, -0.05) is 32.8 Å². The lowest BCUT2D eigenvalue weighted by Crippen LogP contribution is -2.20. The van der Waals surface area contributed by atoms with Crippen LogP contribution in [0.3, 0.4) is 0 Å². The standard InChI is InChI=1S/C12H21NS/c1-3-5-6-9-13-11(4-2)12-8-7-10-14-12/h7-8,10-11,13H,3-6,9H2,1-2H3. The summed E-state index contributed by atoms with van der Waals surface area (Å²) in [5.74, 6) is 0. The molecule has 0 saturated carbocycles. The predicted molar refractivity (Wildman–Crippen MR) is 64.9 cm³/mol. The van der Waals surface area contributed by atoms with Crippen LogP contribution in [0.5, 0.6) is 0 Å². The smallest absolute Gasteiger partial charge is 0.0412 e. The minimum absolute atomic E-state index is 0.576. The SMILES string of the molecule is CCCCCNC(CC)c1cccs1. The van der Waals surface area contributed by atoms with Crippen LogP contribution in [-0.4, -0.2) is 6.54 Å². The lowest BCUT2D eigenvalue weighted by Gasteiger charge is -2.14. The normalized spacial score (nSPS) is 13.0. The van der Waals surface area contributed by atoms with Crippen molar-refractivity contribution < 1.29 is 0 Å². The molecule has 14 heavy (non-hydrogen) atoms. The zero-order chi connectivity index (χ0) is 10.2. The Hall–Kier alpha value is -0.340. The van der Waals surface area contributed by atoms with Crippen molar-refractivity contribution in [2.24, 2.45) is 0 Å². The molecule has 0 aliphatic carbocycles. The highest BCUT2D eigenvalue weighted by Gasteiger charge is 2.07. The minimum atomic E-state index is 0.576. The molecule has 80 valence electrons. The summed E-state index contributed by atoms with van der Waals surface area (Å²) >= 11 is 1.86. The van der Waals surface area contributed by atoms with E-state index in [2.05, 4.69) is 36.7 Å². The molecular formula is C12H21NS. The molecule has 0 radical (unpaired) electrons. The summed E-state index contributed by atoms with van der Waals surface area (Å²) in [7, 11) is 0. The molecule has 0 amide bonds. The third-order valence-electron chi connectivity index (χ3n) is 2.47. The monoisotopic (exact) mass is 211 g/mol. The van der Waals surface area contributed by atoms with E-state index in [-0.39, 0.29) is 0 Å². The molecule has 1 aromatic heterocycles. The molecular weight excluding hydrogens is 190 g/mol. The first-order valence-corrected chi connectivity index (χ1v) is 6.53. The predicted octanol–water partition coefficient (Wildman–Crippen LogP) is 3.98. The van der Waals surface area contributed by atoms with Crippen molar-refractivity contribution in [3.63, 3.8) is 0 Å². The van der Waals surface area contributed by atoms with Gasteiger partial charge in [0.1, 0.15) is 0 Å². The molecule has 1 rings (SSSR count). The van der Waals surface area contributed by atoms with Gasteiger partial charge in [0.15, 0.2) is 0 Å². The van der Waals surface area contributed by atoms with Crippen LogP contribution in [0.15, 0.2) is 17.5 Å². The summed E-state index contributed by atoms with van der Waals surface area (Å²) in [5, 5.41) is 5.78. The van der Waals surface area contributed by atoms with Crippen LogP contribution in [-0.2, 0) is 0 Å². The Balaban J connectivity index is 2.26. The summed E-state index contributed by atoms with van der Waals surface area (Å²) < 4.78 is 0. The van der Waals surface area contributed by atoms with Crippen molar-refractivity contribution in [1.82, 2.24) is 5.32 Å². The zero-order valence-corrected chi connectivity index (χ0v) is 10.1. The van der Waals surface area contributed by atoms with Crippen LogP contribution >= 0.6 is 11.3 Å². The highest BCUT2D eigenvalue weighted by Crippen LogP contribution is 2.21. The van der Waals surface area contributed by atoms with E-state index in [0.717, 1.165) is 6.54 Å². The molecule has 1 heterocycles. The van der Waals surface area contributed by atoms with E-state index in [1.807, 2.05) is 11.3 Å². The quantitative estimate of drug-likeness (QED) is 0.673. The van der Waals surface area contributed by atoms with Gasteiger partial charge >= 0.3 is 0 Å². The maximum atomic E-state index is 3.62. The van der Waals surface area contributed by atoms with Gasteiger partial charge in [0.05, 0.1) is 0 Å². The Bertz CT molecular complexity index is 218. The number of hydrogen-bond acceptors (Lipinski definition) is 2. The van der Waals surface area contributed by atoms with E-state index < -0.39 is 0 Å². The number of nitrogens with one attached hydrogen (secondary N) is 1. The molecule has 0 spiro atoms. The van der Waals surface area contributed by atoms with E-state index in [0.29, 0.717) is 6.04 Å². The number of thiophene rings is 1. The fraction of sp³-hybridized carbons (Fsp3) is 0.667. The Morgan fingerprint density at radius 3 is 2.79 bits per heavy atom. The van der Waals surface area contributed by atoms with Crippen molar-refractivity contribution in [3.8, 4) is 0 Å². The molecule has 2 heteroatoms. The molecule has 1 unspecified atom stereocenters. The first-order valence-electron chi connectivity index (χ1n) is 5.65. The zero-order valence-electron chi connectivity index (χ0n) is 9.25. The second-order valence-electron chi connectivity index (χ2n) is 3.64. The number of hydrogen-bond donors (Lipinski definition) is 1. The Morgan fingerprint density at radius 2 is 2.21 bits per heavy atom. The van der Waals surface area contributed by atoms with Crippen molar-refractivity contribution in [3.05, 3.63) is 22.4 Å². The van der Waals surface area contributed by atoms with Crippen molar-refractivity contribution >= 4 is 11.3 Å². The molecule has 0 aliphatic rings. The summed E-state index contributed by atoms with van der Waals surface area (Å²) in [6, 6.07) is 4.94. The van der Waals surface area contributed by atoms with Crippen LogP contribution in [0.2, 0.25) is 0 Å². The molecule has 0 aromatic carbocycles. The number of unbranched alkanes of at least 4 members (excludes halogenated alkanes) is 2. The fourth-order valence-corrected chi connectivity index (χ4v) is 2.47. The average Bonchev–Trinajstić information content (AvgIpc) is 2.71. The van der Waals surface area contributed by atoms with Crippen LogP contribution in [0.4, 0.5) is 0 Å². The molecule has 1 atom stereocenters. The molecule has 0 bridgehead atoms. The van der Waals surface area contributed by atoms with Crippen molar-refractivity contribution in [1.29, 1.82) is 0 Å². The average molecular weight is 211 g/mol. The van der Waals surface area contributed by atoms with Crippen molar-refractivity contribution in [2.45, 2.75) is 45.6 Å². The molecule has 1 nitrogen and oxygen atoms in total. The van der Waals surface area contributed by atoms with Gasteiger partial charge in [-0.05, 0) is 30.8 Å². The lowest BCUT2D eigenvalue weighted by molar-refractivity contribution is 0.508. The van der Waals surface area contributed by atoms with Crippen LogP contribution < -0.4 is 5.32 Å². The third kappa shape index (κ3) is 3.81. The topological polar surface area (TPSA) is 12.0 Å². The fourth-order valence-electron chi connectivity index (χ4n) is 1.59. The van der Waals surface area contributed by atoms with Gasteiger partial charge in [0.2, 0.25) is 0 Å². The van der Waals surface area contributed by atoms with Gasteiger partial charge in [-0.2, -0.15) is 0 Å². The molecule has 1 aromatic rings. The largest absolute Gasteiger partial charge is 0.309 e. The second-order valence-corrected chi connectivity index (χ2v) is 4.62. The lowest BCUT2D eigenvalue weighted by atomic mass is 10.1. The highest BCUT2D eigenvalue weighted by atomic mass is 32.1. The minimum Gasteiger partial charge on any atom is -0.309 e. The summed E-state index contributed by atoms with van der Waals surface area (Å²) in [5.41, 5.74) is 0. The highest BCUT2D eigenvalue weighted by molar-refractivity contribution is 7.10. The van der Waals surface area contributed by atoms with Gasteiger partial charge in [0.25, 0.3) is 0 Å². The summed E-state index contributed by atoms with van der Waals surface area (Å²) in [4.78, 5) is 1.48. The van der Waals surface area contributed by atoms with Crippen LogP contribution in [0.25, 0.3) is 0 Å². The van der Waals surface area contributed by atoms with Gasteiger partial charge in [-0.15, -0.1) is 11.3 Å². The second kappa shape index (κ2) is 7.02. The van der Waals surface area contributed by atoms with Crippen molar-refractivity contribution in [2.75, 3.05) is 6.54 Å². The summed E-state index contributed by atoms with van der Waals surface area (Å²) in [6.45, 7) is 5.65. The Morgan fingerprint density at radius 1 is 1.36 bits per heavy atom. The van der Waals surface area contributed by atoms with E-state index in [4.69, 9.17) is 0 Å². The van der Waals surface area contributed by atoms with Gasteiger partial charge < -0.3 is 5.32 Å². The molecule has 1 N–H and O–H groups in total. The first-order chi connectivity index (χ1) is 6.88. The maximum absolute atomic E-state index is 3.62. The van der Waals surface area contributed by atoms with E-state index in [9.17, 15) is 0 Å². The van der Waals surface area contributed by atoms with Gasteiger partial charge in [0, 0.05) is 10.9 Å². The molecule has 0 saturated heterocycles. The molecule has 0 fully saturated rings. The van der Waals surface area contributed by atoms with Gasteiger partial charge in [-0.3, -0.25) is 0 Å². The third-order valence-corrected chi connectivity index (χ3v) is 3.45. The van der Waals surface area contributed by atoms with Crippen LogP contribution in [0.1, 0.15) is 50.4 Å². The van der Waals surface area contributed by atoms with Crippen LogP contribution in [0, 0.1) is 0 Å². The molecule has 0 aliphatic heterocycles. The van der Waals surface area contributed by atoms with Gasteiger partial charge in [-0.25, -0.2) is 0 Å². The van der Waals surface area contributed by atoms with E-state index >= 15 is 0 Å². The van der Waals surface area contributed by atoms with E-state index in [1.54, 1.807) is 0 Å². The maximum Gasteiger partial charge on any atom is 0.0412 e. The summed E-state index contributed by atoms with van der Waals surface area (Å²) in [6.07, 6.45) is 5.14. The first kappa shape index (κ1) is 11.7. The Labute approximate surface area is 91.5 Å². The van der Waals surface area contributed by atoms with E-state index in [1.165, 1.54) is 30.6 Å². The Kier molecular flexibility index (Phi) is 5.88.